The number of fused-ring (bicyclic) bond motifs is 1. The molecular weight excluding hydrogens is 302 g/mol. The summed E-state index contributed by atoms with van der Waals surface area (Å²) in [6.07, 6.45) is 2.66. The van der Waals surface area contributed by atoms with Gasteiger partial charge in [-0.2, -0.15) is 0 Å². The predicted molar refractivity (Wildman–Crippen MR) is 93.7 cm³/mol. The van der Waals surface area contributed by atoms with Gasteiger partial charge in [0.05, 0.1) is 5.52 Å². The Morgan fingerprint density at radius 3 is 2.75 bits per heavy atom. The van der Waals surface area contributed by atoms with E-state index in [0.29, 0.717) is 25.2 Å². The number of rotatable bonds is 5. The van der Waals surface area contributed by atoms with Crippen molar-refractivity contribution in [2.45, 2.75) is 38.6 Å². The van der Waals surface area contributed by atoms with E-state index >= 15 is 0 Å². The molecule has 0 bridgehead atoms. The highest BCUT2D eigenvalue weighted by molar-refractivity contribution is 6.00. The molecule has 1 fully saturated rings. The van der Waals surface area contributed by atoms with Gasteiger partial charge in [0, 0.05) is 18.5 Å². The smallest absolute Gasteiger partial charge is 0.273 e. The van der Waals surface area contributed by atoms with E-state index in [0.717, 1.165) is 23.7 Å². The van der Waals surface area contributed by atoms with Crippen molar-refractivity contribution in [1.82, 2.24) is 15.2 Å². The second-order valence-corrected chi connectivity index (χ2v) is 6.48. The normalized spacial score (nSPS) is 19.8. The van der Waals surface area contributed by atoms with Crippen molar-refractivity contribution < 1.29 is 9.59 Å². The third kappa shape index (κ3) is 2.86. The summed E-state index contributed by atoms with van der Waals surface area (Å²) in [4.78, 5) is 31.3. The molecule has 3 rings (SSSR count). The zero-order valence-corrected chi connectivity index (χ0v) is 14.2. The molecule has 0 aliphatic carbocycles. The number of nitrogens with zero attached hydrogens (tertiary/aromatic N) is 2. The molecule has 1 saturated heterocycles. The van der Waals surface area contributed by atoms with Crippen molar-refractivity contribution >= 4 is 22.7 Å². The standard InChI is InChI=1S/C19H23N3O2/c1-3-4-12-20-18(24)19(2)11-13-22(19)17(23)16-10-9-14-7-5-6-8-15(14)21-16/h5-10H,3-4,11-13H2,1-2H3,(H,20,24). The van der Waals surface area contributed by atoms with Crippen LogP contribution in [-0.4, -0.2) is 40.3 Å². The van der Waals surface area contributed by atoms with Crippen LogP contribution >= 0.6 is 0 Å². The molecule has 2 amide bonds. The lowest BCUT2D eigenvalue weighted by atomic mass is 9.85. The number of unbranched alkanes of at least 4 members (excludes halogenated alkanes) is 1. The van der Waals surface area contributed by atoms with Gasteiger partial charge < -0.3 is 10.2 Å². The van der Waals surface area contributed by atoms with E-state index in [1.807, 2.05) is 37.3 Å². The Hall–Kier alpha value is -2.43. The fourth-order valence-electron chi connectivity index (χ4n) is 3.01. The van der Waals surface area contributed by atoms with E-state index in [1.54, 1.807) is 11.0 Å². The van der Waals surface area contributed by atoms with E-state index in [-0.39, 0.29) is 11.8 Å². The lowest BCUT2D eigenvalue weighted by Gasteiger charge is -2.48. The third-order valence-electron chi connectivity index (χ3n) is 4.79. The predicted octanol–water partition coefficient (Wildman–Crippen LogP) is 2.76. The second kappa shape index (κ2) is 6.59. The van der Waals surface area contributed by atoms with Gasteiger partial charge in [-0.05, 0) is 31.9 Å². The maximum Gasteiger partial charge on any atom is 0.273 e. The van der Waals surface area contributed by atoms with Crippen LogP contribution in [-0.2, 0) is 4.79 Å². The SMILES string of the molecule is CCCCNC(=O)C1(C)CCN1C(=O)c1ccc2ccccc2n1. The first-order valence-corrected chi connectivity index (χ1v) is 8.52. The number of hydrogen-bond donors (Lipinski definition) is 1. The molecule has 0 spiro atoms. The number of carbonyl (C=O) groups is 2. The molecule has 1 aromatic carbocycles. The highest BCUT2D eigenvalue weighted by atomic mass is 16.2. The van der Waals surface area contributed by atoms with Crippen molar-refractivity contribution in [3.8, 4) is 0 Å². The molecule has 0 radical (unpaired) electrons. The largest absolute Gasteiger partial charge is 0.354 e. The summed E-state index contributed by atoms with van der Waals surface area (Å²) in [5.74, 6) is -0.253. The molecule has 2 aromatic rings. The molecule has 24 heavy (non-hydrogen) atoms. The summed E-state index contributed by atoms with van der Waals surface area (Å²) >= 11 is 0. The molecule has 5 nitrogen and oxygen atoms in total. The highest BCUT2D eigenvalue weighted by Gasteiger charge is 2.49. The third-order valence-corrected chi connectivity index (χ3v) is 4.79. The topological polar surface area (TPSA) is 62.3 Å². The van der Waals surface area contributed by atoms with Crippen molar-refractivity contribution in [2.75, 3.05) is 13.1 Å². The van der Waals surface area contributed by atoms with Crippen LogP contribution in [0.2, 0.25) is 0 Å². The molecule has 1 aliphatic heterocycles. The molecule has 5 heteroatoms. The minimum atomic E-state index is -0.766. The molecule has 1 atom stereocenters. The number of hydrogen-bond acceptors (Lipinski definition) is 3. The number of likely N-dealkylation sites (tertiary alicyclic amines) is 1. The van der Waals surface area contributed by atoms with E-state index in [4.69, 9.17) is 0 Å². The second-order valence-electron chi connectivity index (χ2n) is 6.48. The molecule has 1 unspecified atom stereocenters. The fourth-order valence-corrected chi connectivity index (χ4v) is 3.01. The summed E-state index contributed by atoms with van der Waals surface area (Å²) in [5, 5.41) is 3.94. The number of carbonyl (C=O) groups excluding carboxylic acids is 2. The van der Waals surface area contributed by atoms with Crippen LogP contribution in [0.1, 0.15) is 43.6 Å². The van der Waals surface area contributed by atoms with Gasteiger partial charge in [-0.25, -0.2) is 4.98 Å². The van der Waals surface area contributed by atoms with E-state index in [9.17, 15) is 9.59 Å². The maximum absolute atomic E-state index is 12.8. The quantitative estimate of drug-likeness (QED) is 0.860. The van der Waals surface area contributed by atoms with E-state index in [2.05, 4.69) is 17.2 Å². The summed E-state index contributed by atoms with van der Waals surface area (Å²) in [6, 6.07) is 11.3. The summed E-state index contributed by atoms with van der Waals surface area (Å²) in [5.41, 5.74) is 0.414. The lowest BCUT2D eigenvalue weighted by Crippen LogP contribution is -2.67. The van der Waals surface area contributed by atoms with Crippen molar-refractivity contribution in [3.05, 3.63) is 42.1 Å². The number of amides is 2. The first-order chi connectivity index (χ1) is 11.6. The van der Waals surface area contributed by atoms with Crippen LogP contribution < -0.4 is 5.32 Å². The summed E-state index contributed by atoms with van der Waals surface area (Å²) in [6.45, 7) is 5.15. The number of pyridine rings is 1. The van der Waals surface area contributed by atoms with Crippen molar-refractivity contribution in [3.63, 3.8) is 0 Å². The Morgan fingerprint density at radius 2 is 2.04 bits per heavy atom. The minimum absolute atomic E-state index is 0.0728. The van der Waals surface area contributed by atoms with Crippen molar-refractivity contribution in [1.29, 1.82) is 0 Å². The zero-order chi connectivity index (χ0) is 17.2. The van der Waals surface area contributed by atoms with Crippen LogP contribution in [0.5, 0.6) is 0 Å². The molecule has 1 aromatic heterocycles. The zero-order valence-electron chi connectivity index (χ0n) is 14.2. The van der Waals surface area contributed by atoms with Gasteiger partial charge in [-0.1, -0.05) is 37.6 Å². The van der Waals surface area contributed by atoms with Gasteiger partial charge in [0.15, 0.2) is 0 Å². The molecule has 126 valence electrons. The number of aromatic nitrogens is 1. The monoisotopic (exact) mass is 325 g/mol. The molecule has 1 N–H and O–H groups in total. The van der Waals surface area contributed by atoms with Gasteiger partial charge >= 0.3 is 0 Å². The van der Waals surface area contributed by atoms with Crippen molar-refractivity contribution in [2.24, 2.45) is 0 Å². The van der Waals surface area contributed by atoms with Crippen LogP contribution in [0.25, 0.3) is 10.9 Å². The Kier molecular flexibility index (Phi) is 4.51. The Bertz CT molecular complexity index is 774. The summed E-state index contributed by atoms with van der Waals surface area (Å²) < 4.78 is 0. The number of nitrogens with one attached hydrogen (secondary N) is 1. The van der Waals surface area contributed by atoms with Gasteiger partial charge in [0.2, 0.25) is 5.91 Å². The number of benzene rings is 1. The molecule has 1 aliphatic rings. The van der Waals surface area contributed by atoms with Gasteiger partial charge in [0.25, 0.3) is 5.91 Å². The average Bonchev–Trinajstić information content (AvgIpc) is 2.59. The average molecular weight is 325 g/mol. The Labute approximate surface area is 142 Å². The molecule has 0 saturated carbocycles. The minimum Gasteiger partial charge on any atom is -0.354 e. The van der Waals surface area contributed by atoms with Crippen LogP contribution in [0.4, 0.5) is 0 Å². The van der Waals surface area contributed by atoms with Gasteiger partial charge in [0.1, 0.15) is 11.2 Å². The first kappa shape index (κ1) is 16.4. The van der Waals surface area contributed by atoms with E-state index < -0.39 is 5.54 Å². The Balaban J connectivity index is 1.77. The summed E-state index contributed by atoms with van der Waals surface area (Å²) in [7, 11) is 0. The molecular formula is C19H23N3O2. The Morgan fingerprint density at radius 1 is 1.25 bits per heavy atom. The lowest BCUT2D eigenvalue weighted by molar-refractivity contribution is -0.137. The highest BCUT2D eigenvalue weighted by Crippen LogP contribution is 2.32. The van der Waals surface area contributed by atoms with Crippen LogP contribution in [0.3, 0.4) is 0 Å². The van der Waals surface area contributed by atoms with Crippen LogP contribution in [0.15, 0.2) is 36.4 Å². The van der Waals surface area contributed by atoms with E-state index in [1.165, 1.54) is 0 Å². The van der Waals surface area contributed by atoms with Gasteiger partial charge in [-0.3, -0.25) is 9.59 Å². The first-order valence-electron chi connectivity index (χ1n) is 8.52. The van der Waals surface area contributed by atoms with Crippen LogP contribution in [0, 0.1) is 0 Å². The maximum atomic E-state index is 12.8. The van der Waals surface area contributed by atoms with Gasteiger partial charge in [-0.15, -0.1) is 0 Å². The fraction of sp³-hybridized carbons (Fsp3) is 0.421. The molecule has 2 heterocycles. The number of para-hydroxylation sites is 1.